The third-order valence-electron chi connectivity index (χ3n) is 3.28. The molecule has 1 amide bonds. The average Bonchev–Trinajstić information content (AvgIpc) is 2.60. The SMILES string of the molecule is CC(O)[C@H]1C(=O)N2C(C(=O)O)=C(SCCN)CC12. The molecule has 4 N–H and O–H groups in total. The molecule has 0 spiro atoms. The molecule has 2 heterocycles. The molecule has 100 valence electrons. The number of β-lactam (4-membered cyclic amide) rings is 1. The molecule has 0 aromatic rings. The molecule has 1 saturated heterocycles. The predicted octanol–water partition coefficient (Wildman–Crippen LogP) is -0.414. The number of aliphatic hydroxyl groups is 1. The van der Waals surface area contributed by atoms with E-state index in [4.69, 9.17) is 5.73 Å². The molecule has 2 rings (SSSR count). The minimum Gasteiger partial charge on any atom is -0.477 e. The van der Waals surface area contributed by atoms with Crippen LogP contribution in [0, 0.1) is 5.92 Å². The predicted molar refractivity (Wildman–Crippen MR) is 66.6 cm³/mol. The maximum Gasteiger partial charge on any atom is 0.353 e. The van der Waals surface area contributed by atoms with E-state index in [1.54, 1.807) is 6.92 Å². The van der Waals surface area contributed by atoms with Gasteiger partial charge in [0, 0.05) is 23.6 Å². The van der Waals surface area contributed by atoms with Gasteiger partial charge < -0.3 is 20.8 Å². The van der Waals surface area contributed by atoms with Crippen molar-refractivity contribution in [3.63, 3.8) is 0 Å². The molecule has 2 aliphatic heterocycles. The van der Waals surface area contributed by atoms with Gasteiger partial charge in [-0.15, -0.1) is 11.8 Å². The molecular weight excluding hydrogens is 256 g/mol. The second kappa shape index (κ2) is 4.91. The van der Waals surface area contributed by atoms with Crippen LogP contribution in [0.4, 0.5) is 0 Å². The van der Waals surface area contributed by atoms with Gasteiger partial charge in [-0.1, -0.05) is 0 Å². The lowest BCUT2D eigenvalue weighted by Gasteiger charge is -2.44. The lowest BCUT2D eigenvalue weighted by molar-refractivity contribution is -0.161. The van der Waals surface area contributed by atoms with Crippen LogP contribution >= 0.6 is 11.8 Å². The summed E-state index contributed by atoms with van der Waals surface area (Å²) in [5, 5.41) is 18.7. The van der Waals surface area contributed by atoms with Gasteiger partial charge >= 0.3 is 5.97 Å². The molecule has 0 saturated carbocycles. The fourth-order valence-electron chi connectivity index (χ4n) is 2.54. The zero-order valence-corrected chi connectivity index (χ0v) is 10.8. The first kappa shape index (κ1) is 13.4. The summed E-state index contributed by atoms with van der Waals surface area (Å²) in [5.74, 6) is -1.24. The van der Waals surface area contributed by atoms with Gasteiger partial charge in [-0.05, 0) is 6.92 Å². The second-order valence-corrected chi connectivity index (χ2v) is 5.65. The summed E-state index contributed by atoms with van der Waals surface area (Å²) in [5.41, 5.74) is 5.47. The minimum atomic E-state index is -1.09. The number of fused-ring (bicyclic) bond motifs is 1. The van der Waals surface area contributed by atoms with Gasteiger partial charge in [0.25, 0.3) is 0 Å². The first-order chi connectivity index (χ1) is 8.49. The molecule has 2 unspecified atom stereocenters. The Hall–Kier alpha value is -1.05. The molecule has 0 aliphatic carbocycles. The van der Waals surface area contributed by atoms with Gasteiger partial charge in [0.2, 0.25) is 5.91 Å². The largest absolute Gasteiger partial charge is 0.477 e. The standard InChI is InChI=1S/C11H16N2O4S/c1-5(14)8-6-4-7(18-3-2-12)9(11(16)17)13(6)10(8)15/h5-6,8,14H,2-4,12H2,1H3,(H,16,17)/t5?,6?,8-/m1/s1. The maximum absolute atomic E-state index is 11.9. The van der Waals surface area contributed by atoms with Crippen molar-refractivity contribution < 1.29 is 19.8 Å². The number of thioether (sulfide) groups is 1. The number of hydrogen-bond acceptors (Lipinski definition) is 5. The number of carboxylic acid groups (broad SMARTS) is 1. The first-order valence-electron chi connectivity index (χ1n) is 5.79. The van der Waals surface area contributed by atoms with Crippen molar-refractivity contribution in [2.45, 2.75) is 25.5 Å². The van der Waals surface area contributed by atoms with Gasteiger partial charge in [-0.2, -0.15) is 0 Å². The van der Waals surface area contributed by atoms with Crippen LogP contribution in [0.2, 0.25) is 0 Å². The van der Waals surface area contributed by atoms with Crippen LogP contribution in [0.25, 0.3) is 0 Å². The number of carboxylic acids is 1. The van der Waals surface area contributed by atoms with Crippen molar-refractivity contribution in [1.29, 1.82) is 0 Å². The lowest BCUT2D eigenvalue weighted by Crippen LogP contribution is -2.61. The van der Waals surface area contributed by atoms with Crippen LogP contribution in [0.15, 0.2) is 10.6 Å². The van der Waals surface area contributed by atoms with E-state index < -0.39 is 18.0 Å². The third-order valence-corrected chi connectivity index (χ3v) is 4.43. The molecular formula is C11H16N2O4S. The summed E-state index contributed by atoms with van der Waals surface area (Å²) < 4.78 is 0. The lowest BCUT2D eigenvalue weighted by atomic mass is 9.83. The zero-order valence-electron chi connectivity index (χ0n) is 10.00. The molecule has 18 heavy (non-hydrogen) atoms. The Bertz CT molecular complexity index is 421. The highest BCUT2D eigenvalue weighted by Gasteiger charge is 2.56. The van der Waals surface area contributed by atoms with Crippen LogP contribution < -0.4 is 5.73 Å². The van der Waals surface area contributed by atoms with E-state index in [-0.39, 0.29) is 17.6 Å². The smallest absolute Gasteiger partial charge is 0.353 e. The van der Waals surface area contributed by atoms with Gasteiger partial charge in [-0.25, -0.2) is 4.79 Å². The van der Waals surface area contributed by atoms with Gasteiger partial charge in [-0.3, -0.25) is 4.79 Å². The van der Waals surface area contributed by atoms with E-state index >= 15 is 0 Å². The van der Waals surface area contributed by atoms with Crippen LogP contribution in [0.1, 0.15) is 13.3 Å². The molecule has 0 aromatic carbocycles. The van der Waals surface area contributed by atoms with Crippen molar-refractivity contribution >= 4 is 23.6 Å². The molecule has 7 heteroatoms. The summed E-state index contributed by atoms with van der Waals surface area (Å²) in [4.78, 5) is 25.1. The van der Waals surface area contributed by atoms with E-state index in [1.807, 2.05) is 0 Å². The number of carbonyl (C=O) groups excluding carboxylic acids is 1. The Morgan fingerprint density at radius 1 is 1.67 bits per heavy atom. The monoisotopic (exact) mass is 272 g/mol. The van der Waals surface area contributed by atoms with Crippen LogP contribution in [0.3, 0.4) is 0 Å². The summed E-state index contributed by atoms with van der Waals surface area (Å²) >= 11 is 1.38. The van der Waals surface area contributed by atoms with E-state index in [1.165, 1.54) is 16.7 Å². The van der Waals surface area contributed by atoms with Crippen molar-refractivity contribution in [3.8, 4) is 0 Å². The number of amides is 1. The van der Waals surface area contributed by atoms with E-state index in [9.17, 15) is 19.8 Å². The Balaban J connectivity index is 2.21. The Labute approximate surface area is 109 Å². The average molecular weight is 272 g/mol. The molecule has 2 aliphatic rings. The number of nitrogens with two attached hydrogens (primary N) is 1. The number of rotatable bonds is 5. The Kier molecular flexibility index (Phi) is 3.65. The highest BCUT2D eigenvalue weighted by molar-refractivity contribution is 8.03. The molecule has 1 fully saturated rings. The number of aliphatic hydroxyl groups excluding tert-OH is 1. The molecule has 3 atom stereocenters. The minimum absolute atomic E-state index is 0.0698. The van der Waals surface area contributed by atoms with Gasteiger partial charge in [0.15, 0.2) is 0 Å². The Morgan fingerprint density at radius 3 is 2.83 bits per heavy atom. The van der Waals surface area contributed by atoms with Crippen LogP contribution in [0.5, 0.6) is 0 Å². The van der Waals surface area contributed by atoms with Crippen LogP contribution in [-0.2, 0) is 9.59 Å². The third kappa shape index (κ3) is 1.92. The number of hydrogen-bond donors (Lipinski definition) is 3. The normalized spacial score (nSPS) is 28.2. The molecule has 0 radical (unpaired) electrons. The molecule has 0 aromatic heterocycles. The van der Waals surface area contributed by atoms with E-state index in [0.29, 0.717) is 23.6 Å². The Morgan fingerprint density at radius 2 is 2.33 bits per heavy atom. The van der Waals surface area contributed by atoms with Crippen LogP contribution in [-0.4, -0.2) is 51.4 Å². The maximum atomic E-state index is 11.9. The molecule has 0 bridgehead atoms. The second-order valence-electron chi connectivity index (χ2n) is 4.46. The van der Waals surface area contributed by atoms with E-state index in [0.717, 1.165) is 0 Å². The highest BCUT2D eigenvalue weighted by Crippen LogP contribution is 2.46. The highest BCUT2D eigenvalue weighted by atomic mass is 32.2. The quantitative estimate of drug-likeness (QED) is 0.588. The summed E-state index contributed by atoms with van der Waals surface area (Å²) in [6, 6.07) is -0.205. The summed E-state index contributed by atoms with van der Waals surface area (Å²) in [6.07, 6.45) is -0.235. The first-order valence-corrected chi connectivity index (χ1v) is 6.78. The van der Waals surface area contributed by atoms with Crippen molar-refractivity contribution in [3.05, 3.63) is 10.6 Å². The number of carbonyl (C=O) groups is 2. The van der Waals surface area contributed by atoms with Crippen molar-refractivity contribution in [2.24, 2.45) is 11.7 Å². The van der Waals surface area contributed by atoms with Crippen molar-refractivity contribution in [2.75, 3.05) is 12.3 Å². The fraction of sp³-hybridized carbons (Fsp3) is 0.636. The number of aliphatic carboxylic acids is 1. The van der Waals surface area contributed by atoms with Gasteiger partial charge in [0.05, 0.1) is 18.1 Å². The number of nitrogens with zero attached hydrogens (tertiary/aromatic N) is 1. The summed E-state index contributed by atoms with van der Waals surface area (Å²) in [6.45, 7) is 2.02. The van der Waals surface area contributed by atoms with Crippen molar-refractivity contribution in [1.82, 2.24) is 4.90 Å². The van der Waals surface area contributed by atoms with E-state index in [2.05, 4.69) is 0 Å². The topological polar surface area (TPSA) is 104 Å². The fourth-order valence-corrected chi connectivity index (χ4v) is 3.52. The zero-order chi connectivity index (χ0) is 13.4. The van der Waals surface area contributed by atoms with Gasteiger partial charge in [0.1, 0.15) is 5.70 Å². The summed E-state index contributed by atoms with van der Waals surface area (Å²) in [7, 11) is 0. The molecule has 6 nitrogen and oxygen atoms in total.